The number of nitrogens with two attached hydrogens (primary N) is 1. The van der Waals surface area contributed by atoms with Gasteiger partial charge in [-0.05, 0) is 12.8 Å². The quantitative estimate of drug-likeness (QED) is 0.452. The van der Waals surface area contributed by atoms with Crippen LogP contribution in [-0.4, -0.2) is 78.5 Å². The van der Waals surface area contributed by atoms with Crippen LogP contribution in [0.5, 0.6) is 0 Å². The number of carbonyl (C=O) groups is 1. The predicted octanol–water partition coefficient (Wildman–Crippen LogP) is -1.53. The maximum atomic E-state index is 12.2. The molecule has 0 saturated carbocycles. The number of carboxylic acids is 1. The smallest absolute Gasteiger partial charge is 0.321 e. The molecule has 0 aromatic carbocycles. The van der Waals surface area contributed by atoms with Gasteiger partial charge in [0.05, 0.1) is 23.7 Å². The lowest BCUT2D eigenvalue weighted by Gasteiger charge is -2.43. The van der Waals surface area contributed by atoms with E-state index in [0.717, 1.165) is 19.3 Å². The molecule has 0 aliphatic carbocycles. The zero-order valence-electron chi connectivity index (χ0n) is 13.3. The molecule has 2 bridgehead atoms. The van der Waals surface area contributed by atoms with Crippen molar-refractivity contribution < 1.29 is 38.0 Å². The number of fused-ring (bicyclic) bond motifs is 7. The van der Waals surface area contributed by atoms with Crippen LogP contribution in [0.25, 0.3) is 0 Å². The number of aliphatic hydroxyl groups excluding tert-OH is 2. The summed E-state index contributed by atoms with van der Waals surface area (Å²) in [4.78, 5) is 10.8. The lowest BCUT2D eigenvalue weighted by molar-refractivity contribution is -0.284. The summed E-state index contributed by atoms with van der Waals surface area (Å²) >= 11 is 0. The summed E-state index contributed by atoms with van der Waals surface area (Å²) in [6.07, 6.45) is -1.45. The third-order valence-corrected chi connectivity index (χ3v) is 6.19. The summed E-state index contributed by atoms with van der Waals surface area (Å²) in [5.41, 5.74) is 5.30. The Balaban J connectivity index is 2.13. The van der Waals surface area contributed by atoms with E-state index >= 15 is 0 Å². The minimum atomic E-state index is -3.82. The van der Waals surface area contributed by atoms with Crippen molar-refractivity contribution in [2.75, 3.05) is 18.1 Å². The third-order valence-electron chi connectivity index (χ3n) is 4.49. The van der Waals surface area contributed by atoms with Gasteiger partial charge in [-0.1, -0.05) is 12.8 Å². The molecule has 3 saturated heterocycles. The van der Waals surface area contributed by atoms with Crippen molar-refractivity contribution in [1.29, 1.82) is 0 Å². The Morgan fingerprint density at radius 1 is 1.21 bits per heavy atom. The van der Waals surface area contributed by atoms with E-state index in [2.05, 4.69) is 0 Å². The van der Waals surface area contributed by atoms with Gasteiger partial charge in [-0.3, -0.25) is 4.79 Å². The molecule has 10 heteroatoms. The van der Waals surface area contributed by atoms with Crippen molar-refractivity contribution in [2.45, 2.75) is 56.3 Å². The van der Waals surface area contributed by atoms with Gasteiger partial charge in [-0.15, -0.1) is 0 Å². The van der Waals surface area contributed by atoms with Crippen molar-refractivity contribution >= 4 is 15.8 Å². The van der Waals surface area contributed by atoms with Gasteiger partial charge < -0.3 is 30.5 Å². The molecule has 3 fully saturated rings. The van der Waals surface area contributed by atoms with Crippen molar-refractivity contribution in [1.82, 2.24) is 0 Å². The van der Waals surface area contributed by atoms with Crippen LogP contribution in [0.2, 0.25) is 0 Å². The molecule has 140 valence electrons. The average molecular weight is 367 g/mol. The van der Waals surface area contributed by atoms with E-state index in [-0.39, 0.29) is 0 Å². The first kappa shape index (κ1) is 19.5. The number of aliphatic hydroxyl groups is 2. The van der Waals surface area contributed by atoms with Crippen molar-refractivity contribution in [3.05, 3.63) is 0 Å². The maximum Gasteiger partial charge on any atom is 0.321 e. The highest BCUT2D eigenvalue weighted by atomic mass is 32.2. The molecule has 24 heavy (non-hydrogen) atoms. The molecular weight excluding hydrogens is 342 g/mol. The molecule has 0 aromatic heterocycles. The maximum absolute atomic E-state index is 12.2. The third kappa shape index (κ3) is 4.87. The molecule has 6 atom stereocenters. The topological polar surface area (TPSA) is 156 Å². The predicted molar refractivity (Wildman–Crippen MR) is 82.8 cm³/mol. The van der Waals surface area contributed by atoms with Gasteiger partial charge in [0.25, 0.3) is 0 Å². The minimum absolute atomic E-state index is 0.350. The molecule has 0 spiro atoms. The summed E-state index contributed by atoms with van der Waals surface area (Å²) in [6.45, 7) is 0.350. The average Bonchev–Trinajstić information content (AvgIpc) is 2.49. The molecule has 6 unspecified atom stereocenters. The molecule has 3 aliphatic heterocycles. The largest absolute Gasteiger partial charge is 0.480 e. The Bertz CT molecular complexity index is 537. The van der Waals surface area contributed by atoms with Gasteiger partial charge >= 0.3 is 5.97 Å². The molecule has 5 N–H and O–H groups in total. The number of hydrogen-bond donors (Lipinski definition) is 4. The normalized spacial score (nSPS) is 36.2. The van der Waals surface area contributed by atoms with Gasteiger partial charge in [0, 0.05) is 12.5 Å². The Morgan fingerprint density at radius 2 is 1.92 bits per heavy atom. The summed E-state index contributed by atoms with van der Waals surface area (Å²) in [7, 11) is -3.82. The van der Waals surface area contributed by atoms with Crippen molar-refractivity contribution in [2.24, 2.45) is 11.7 Å². The van der Waals surface area contributed by atoms with E-state index in [9.17, 15) is 23.4 Å². The lowest BCUT2D eigenvalue weighted by Crippen LogP contribution is -2.57. The first-order chi connectivity index (χ1) is 11.2. The van der Waals surface area contributed by atoms with Gasteiger partial charge in [-0.2, -0.15) is 0 Å². The van der Waals surface area contributed by atoms with Gasteiger partial charge in [0.1, 0.15) is 12.1 Å². The molecule has 3 aliphatic rings. The van der Waals surface area contributed by atoms with Crippen LogP contribution in [0.1, 0.15) is 25.7 Å². The van der Waals surface area contributed by atoms with Crippen LogP contribution < -0.4 is 5.73 Å². The van der Waals surface area contributed by atoms with E-state index in [1.54, 1.807) is 0 Å². The molecule has 0 aromatic rings. The molecule has 0 radical (unpaired) electrons. The van der Waals surface area contributed by atoms with E-state index in [4.69, 9.17) is 20.3 Å². The molecule has 9 nitrogen and oxygen atoms in total. The van der Waals surface area contributed by atoms with Crippen LogP contribution >= 0.6 is 0 Å². The summed E-state index contributed by atoms with van der Waals surface area (Å²) in [5, 5.41) is 29.2. The van der Waals surface area contributed by atoms with E-state index in [1.807, 2.05) is 0 Å². The Labute approximate surface area is 140 Å². The molecular formula is C14H25NO8S. The standard InChI is InChI=1S/C14H25NO8S/c15-9(13(18)19)6-24(20,21)7-10-8-4-2-1-3-5-22-14(23-10)12(17)11(8)16/h8-12,14,16-17H,1-7,15H2,(H,18,19). The number of hydrogen-bond acceptors (Lipinski definition) is 8. The highest BCUT2D eigenvalue weighted by Gasteiger charge is 2.46. The first-order valence-electron chi connectivity index (χ1n) is 8.03. The molecule has 3 rings (SSSR count). The first-order valence-corrected chi connectivity index (χ1v) is 9.85. The molecule has 0 amide bonds. The lowest BCUT2D eigenvalue weighted by atomic mass is 9.85. The highest BCUT2D eigenvalue weighted by Crippen LogP contribution is 2.32. The summed E-state index contributed by atoms with van der Waals surface area (Å²) in [6, 6.07) is -1.52. The van der Waals surface area contributed by atoms with Gasteiger partial charge in [0.15, 0.2) is 16.1 Å². The Morgan fingerprint density at radius 3 is 2.58 bits per heavy atom. The van der Waals surface area contributed by atoms with E-state index < -0.39 is 63.9 Å². The van der Waals surface area contributed by atoms with Crippen LogP contribution in [-0.2, 0) is 24.1 Å². The fraction of sp³-hybridized carbons (Fsp3) is 0.929. The van der Waals surface area contributed by atoms with Gasteiger partial charge in [0.2, 0.25) is 0 Å². The zero-order chi connectivity index (χ0) is 17.9. The van der Waals surface area contributed by atoms with Crippen LogP contribution in [0.15, 0.2) is 0 Å². The minimum Gasteiger partial charge on any atom is -0.480 e. The second-order valence-electron chi connectivity index (χ2n) is 6.43. The van der Waals surface area contributed by atoms with Crippen LogP contribution in [0.3, 0.4) is 0 Å². The second kappa shape index (κ2) is 8.07. The monoisotopic (exact) mass is 367 g/mol. The van der Waals surface area contributed by atoms with E-state index in [1.165, 1.54) is 0 Å². The number of sulfone groups is 1. The zero-order valence-corrected chi connectivity index (χ0v) is 14.1. The Kier molecular flexibility index (Phi) is 6.57. The number of rotatable bonds is 5. The SMILES string of the molecule is NC(CS(=O)(=O)CC1OC2OCCCCCC1C(O)C2O)C(=O)O. The fourth-order valence-corrected chi connectivity index (χ4v) is 4.82. The number of ether oxygens (including phenoxy) is 2. The Hall–Kier alpha value is -0.780. The summed E-state index contributed by atoms with van der Waals surface area (Å²) < 4.78 is 35.4. The van der Waals surface area contributed by atoms with Gasteiger partial charge in [-0.25, -0.2) is 8.42 Å². The summed E-state index contributed by atoms with van der Waals surface area (Å²) in [5.74, 6) is -3.14. The fourth-order valence-electron chi connectivity index (χ4n) is 3.17. The second-order valence-corrected chi connectivity index (χ2v) is 8.58. The van der Waals surface area contributed by atoms with Crippen molar-refractivity contribution in [3.8, 4) is 0 Å². The van der Waals surface area contributed by atoms with Crippen LogP contribution in [0, 0.1) is 5.92 Å². The number of carboxylic acid groups (broad SMARTS) is 1. The highest BCUT2D eigenvalue weighted by molar-refractivity contribution is 7.91. The van der Waals surface area contributed by atoms with E-state index in [0.29, 0.717) is 13.0 Å². The number of aliphatic carboxylic acids is 1. The van der Waals surface area contributed by atoms with Crippen LogP contribution in [0.4, 0.5) is 0 Å². The van der Waals surface area contributed by atoms with Crippen molar-refractivity contribution in [3.63, 3.8) is 0 Å². The molecule has 3 heterocycles.